The van der Waals surface area contributed by atoms with Crippen LogP contribution in [0.15, 0.2) is 28.0 Å². The molecule has 1 aromatic rings. The number of sulfonamides is 1. The number of hydrogen-bond donors (Lipinski definition) is 2. The lowest BCUT2D eigenvalue weighted by Gasteiger charge is -2.30. The molecule has 2 atom stereocenters. The predicted molar refractivity (Wildman–Crippen MR) is 84.0 cm³/mol. The highest BCUT2D eigenvalue weighted by Crippen LogP contribution is 2.28. The summed E-state index contributed by atoms with van der Waals surface area (Å²) in [6.45, 7) is 3.67. The first-order valence-electron chi connectivity index (χ1n) is 6.50. The minimum atomic E-state index is -3.52. The molecule has 2 N–H and O–H groups in total. The Morgan fingerprint density at radius 3 is 2.80 bits per heavy atom. The lowest BCUT2D eigenvalue weighted by Crippen LogP contribution is -2.50. The molecule has 7 heteroatoms. The number of thioether (sulfide) groups is 1. The Bertz CT molecular complexity index is 578. The summed E-state index contributed by atoms with van der Waals surface area (Å²) in [5.74, 6) is 0.326. The van der Waals surface area contributed by atoms with Crippen LogP contribution in [0.4, 0.5) is 0 Å². The SMILES string of the molecule is CSc1ccc(S(=O)(=O)NC2CNCCC2C)cc1Cl. The van der Waals surface area contributed by atoms with E-state index in [1.165, 1.54) is 17.8 Å². The molecule has 1 aliphatic rings. The van der Waals surface area contributed by atoms with Crippen molar-refractivity contribution in [3.63, 3.8) is 0 Å². The highest BCUT2D eigenvalue weighted by Gasteiger charge is 2.26. The van der Waals surface area contributed by atoms with Gasteiger partial charge in [-0.15, -0.1) is 11.8 Å². The smallest absolute Gasteiger partial charge is 0.240 e. The largest absolute Gasteiger partial charge is 0.315 e. The third kappa shape index (κ3) is 3.68. The third-order valence-corrected chi connectivity index (χ3v) is 6.28. The summed E-state index contributed by atoms with van der Waals surface area (Å²) in [6.07, 6.45) is 2.88. The first-order chi connectivity index (χ1) is 9.44. The van der Waals surface area contributed by atoms with Gasteiger partial charge in [-0.05, 0) is 43.3 Å². The highest BCUT2D eigenvalue weighted by molar-refractivity contribution is 7.98. The summed E-state index contributed by atoms with van der Waals surface area (Å²) in [4.78, 5) is 1.09. The maximum absolute atomic E-state index is 12.4. The van der Waals surface area contributed by atoms with E-state index in [0.29, 0.717) is 17.5 Å². The predicted octanol–water partition coefficient (Wildman–Crippen LogP) is 2.34. The summed E-state index contributed by atoms with van der Waals surface area (Å²) in [7, 11) is -3.52. The lowest BCUT2D eigenvalue weighted by molar-refractivity contribution is 0.327. The van der Waals surface area contributed by atoms with E-state index in [1.807, 2.05) is 6.26 Å². The molecule has 1 saturated heterocycles. The maximum Gasteiger partial charge on any atom is 0.240 e. The van der Waals surface area contributed by atoms with Gasteiger partial charge in [0.05, 0.1) is 9.92 Å². The van der Waals surface area contributed by atoms with Crippen LogP contribution >= 0.6 is 23.4 Å². The molecular formula is C13H19ClN2O2S2. The van der Waals surface area contributed by atoms with E-state index in [9.17, 15) is 8.42 Å². The average Bonchev–Trinajstić information content (AvgIpc) is 2.41. The Kier molecular flexibility index (Phi) is 5.36. The molecule has 0 aromatic heterocycles. The summed E-state index contributed by atoms with van der Waals surface area (Å²) < 4.78 is 27.6. The first kappa shape index (κ1) is 16.1. The zero-order valence-electron chi connectivity index (χ0n) is 11.5. The number of halogens is 1. The van der Waals surface area contributed by atoms with E-state index in [0.717, 1.165) is 17.9 Å². The molecular weight excluding hydrogens is 316 g/mol. The van der Waals surface area contributed by atoms with Gasteiger partial charge in [0.15, 0.2) is 0 Å². The standard InChI is InChI=1S/C13H19ClN2O2S2/c1-9-5-6-15-8-12(9)16-20(17,18)10-3-4-13(19-2)11(14)7-10/h3-4,7,9,12,15-16H,5-6,8H2,1-2H3. The Balaban J connectivity index is 2.19. The fraction of sp³-hybridized carbons (Fsp3) is 0.538. The molecule has 0 bridgehead atoms. The van der Waals surface area contributed by atoms with Gasteiger partial charge in [-0.1, -0.05) is 18.5 Å². The summed E-state index contributed by atoms with van der Waals surface area (Å²) >= 11 is 7.58. The molecule has 112 valence electrons. The van der Waals surface area contributed by atoms with Gasteiger partial charge in [-0.2, -0.15) is 0 Å². The van der Waals surface area contributed by atoms with Gasteiger partial charge in [0, 0.05) is 17.5 Å². The Morgan fingerprint density at radius 1 is 1.45 bits per heavy atom. The minimum Gasteiger partial charge on any atom is -0.315 e. The van der Waals surface area contributed by atoms with Crippen LogP contribution in [-0.2, 0) is 10.0 Å². The molecule has 0 radical (unpaired) electrons. The Morgan fingerprint density at radius 2 is 2.20 bits per heavy atom. The van der Waals surface area contributed by atoms with Gasteiger partial charge in [0.1, 0.15) is 0 Å². The van der Waals surface area contributed by atoms with Crippen LogP contribution in [0.1, 0.15) is 13.3 Å². The van der Waals surface area contributed by atoms with Crippen molar-refractivity contribution in [3.8, 4) is 0 Å². The molecule has 1 aliphatic heterocycles. The van der Waals surface area contributed by atoms with E-state index in [2.05, 4.69) is 17.0 Å². The second-order valence-corrected chi connectivity index (χ2v) is 7.96. The number of rotatable bonds is 4. The average molecular weight is 335 g/mol. The van der Waals surface area contributed by atoms with Crippen molar-refractivity contribution in [3.05, 3.63) is 23.2 Å². The van der Waals surface area contributed by atoms with Crippen LogP contribution in [0.3, 0.4) is 0 Å². The molecule has 1 aromatic carbocycles. The molecule has 0 saturated carbocycles. The lowest BCUT2D eigenvalue weighted by atomic mass is 9.96. The second-order valence-electron chi connectivity index (χ2n) is 4.99. The van der Waals surface area contributed by atoms with Gasteiger partial charge >= 0.3 is 0 Å². The molecule has 4 nitrogen and oxygen atoms in total. The van der Waals surface area contributed by atoms with Crippen LogP contribution in [0.25, 0.3) is 0 Å². The van der Waals surface area contributed by atoms with Crippen LogP contribution < -0.4 is 10.0 Å². The molecule has 0 aliphatic carbocycles. The van der Waals surface area contributed by atoms with Gasteiger partial charge in [-0.3, -0.25) is 0 Å². The van der Waals surface area contributed by atoms with Crippen LogP contribution in [-0.4, -0.2) is 33.8 Å². The van der Waals surface area contributed by atoms with Crippen molar-refractivity contribution in [1.29, 1.82) is 0 Å². The minimum absolute atomic E-state index is 0.0762. The summed E-state index contributed by atoms with van der Waals surface area (Å²) in [5.41, 5.74) is 0. The quantitative estimate of drug-likeness (QED) is 0.830. The molecule has 0 spiro atoms. The van der Waals surface area contributed by atoms with Gasteiger partial charge in [0.2, 0.25) is 10.0 Å². The monoisotopic (exact) mass is 334 g/mol. The van der Waals surface area contributed by atoms with Gasteiger partial charge in [-0.25, -0.2) is 13.1 Å². The second kappa shape index (κ2) is 6.66. The van der Waals surface area contributed by atoms with Crippen molar-refractivity contribution >= 4 is 33.4 Å². The van der Waals surface area contributed by atoms with Crippen molar-refractivity contribution in [2.45, 2.75) is 29.2 Å². The van der Waals surface area contributed by atoms with E-state index in [1.54, 1.807) is 12.1 Å². The highest BCUT2D eigenvalue weighted by atomic mass is 35.5. The Hall–Kier alpha value is -0.270. The first-order valence-corrected chi connectivity index (χ1v) is 9.59. The maximum atomic E-state index is 12.4. The number of benzene rings is 1. The van der Waals surface area contributed by atoms with Crippen LogP contribution in [0.5, 0.6) is 0 Å². The van der Waals surface area contributed by atoms with E-state index >= 15 is 0 Å². The van der Waals surface area contributed by atoms with Gasteiger partial charge < -0.3 is 5.32 Å². The van der Waals surface area contributed by atoms with Crippen molar-refractivity contribution < 1.29 is 8.42 Å². The van der Waals surface area contributed by atoms with Crippen molar-refractivity contribution in [2.24, 2.45) is 5.92 Å². The van der Waals surface area contributed by atoms with Crippen molar-refractivity contribution in [2.75, 3.05) is 19.3 Å². The molecule has 0 amide bonds. The van der Waals surface area contributed by atoms with E-state index in [-0.39, 0.29) is 10.9 Å². The molecule has 2 rings (SSSR count). The third-order valence-electron chi connectivity index (χ3n) is 3.57. The fourth-order valence-electron chi connectivity index (χ4n) is 2.23. The normalized spacial score (nSPS) is 23.8. The fourth-order valence-corrected chi connectivity index (χ4v) is 4.53. The van der Waals surface area contributed by atoms with E-state index < -0.39 is 10.0 Å². The van der Waals surface area contributed by atoms with Crippen LogP contribution in [0, 0.1) is 5.92 Å². The molecule has 1 fully saturated rings. The summed E-state index contributed by atoms with van der Waals surface area (Å²) in [6, 6.07) is 4.77. The summed E-state index contributed by atoms with van der Waals surface area (Å²) in [5, 5.41) is 3.68. The number of piperidine rings is 1. The van der Waals surface area contributed by atoms with E-state index in [4.69, 9.17) is 11.6 Å². The van der Waals surface area contributed by atoms with Crippen LogP contribution in [0.2, 0.25) is 5.02 Å². The molecule has 2 unspecified atom stereocenters. The molecule has 20 heavy (non-hydrogen) atoms. The van der Waals surface area contributed by atoms with Gasteiger partial charge in [0.25, 0.3) is 0 Å². The number of nitrogens with one attached hydrogen (secondary N) is 2. The number of hydrogen-bond acceptors (Lipinski definition) is 4. The van der Waals surface area contributed by atoms with Crippen molar-refractivity contribution in [1.82, 2.24) is 10.0 Å². The zero-order valence-corrected chi connectivity index (χ0v) is 13.9. The zero-order chi connectivity index (χ0) is 14.8. The Labute approximate surface area is 129 Å². The topological polar surface area (TPSA) is 58.2 Å². The molecule has 1 heterocycles.